The van der Waals surface area contributed by atoms with E-state index in [0.717, 1.165) is 83.5 Å². The van der Waals surface area contributed by atoms with Crippen molar-refractivity contribution in [2.24, 2.45) is 5.73 Å². The number of allylic oxidation sites excluding steroid dienone is 16. The van der Waals surface area contributed by atoms with E-state index < -0.39 is 26.5 Å². The highest BCUT2D eigenvalue weighted by molar-refractivity contribution is 7.47. The van der Waals surface area contributed by atoms with E-state index in [1.54, 1.807) is 0 Å². The van der Waals surface area contributed by atoms with E-state index in [4.69, 9.17) is 24.3 Å². The second-order valence-corrected chi connectivity index (χ2v) is 26.6. The van der Waals surface area contributed by atoms with Gasteiger partial charge in [0, 0.05) is 19.4 Å². The van der Waals surface area contributed by atoms with Gasteiger partial charge in [0.15, 0.2) is 6.10 Å². The van der Waals surface area contributed by atoms with Crippen molar-refractivity contribution in [2.75, 3.05) is 26.4 Å². The topological polar surface area (TPSA) is 134 Å². The first-order valence-corrected chi connectivity index (χ1v) is 39.2. The van der Waals surface area contributed by atoms with Gasteiger partial charge in [0.2, 0.25) is 0 Å². The molecule has 0 radical (unpaired) electrons. The van der Waals surface area contributed by atoms with Gasteiger partial charge >= 0.3 is 19.8 Å². The van der Waals surface area contributed by atoms with E-state index in [2.05, 4.69) is 111 Å². The zero-order valence-corrected chi connectivity index (χ0v) is 59.1. The molecule has 516 valence electrons. The molecular weight excluding hydrogens is 1120 g/mol. The molecule has 0 aromatic rings. The van der Waals surface area contributed by atoms with Gasteiger partial charge in [-0.05, 0) is 96.3 Å². The Bertz CT molecular complexity index is 1780. The lowest BCUT2D eigenvalue weighted by atomic mass is 10.0. The van der Waals surface area contributed by atoms with Gasteiger partial charge in [-0.3, -0.25) is 18.6 Å². The minimum atomic E-state index is -4.40. The largest absolute Gasteiger partial charge is 0.472 e. The zero-order valence-electron chi connectivity index (χ0n) is 58.2. The highest BCUT2D eigenvalue weighted by Crippen LogP contribution is 2.43. The third kappa shape index (κ3) is 73.9. The van der Waals surface area contributed by atoms with Crippen LogP contribution in [0.1, 0.15) is 361 Å². The van der Waals surface area contributed by atoms with Crippen molar-refractivity contribution in [1.82, 2.24) is 0 Å². The maximum atomic E-state index is 12.8. The molecule has 0 spiro atoms. The first kappa shape index (κ1) is 85.9. The average Bonchev–Trinajstić information content (AvgIpc) is 3.58. The number of esters is 2. The predicted octanol–water partition coefficient (Wildman–Crippen LogP) is 25.1. The Hall–Kier alpha value is -3.07. The van der Waals surface area contributed by atoms with Crippen molar-refractivity contribution >= 4 is 19.8 Å². The molecule has 9 nitrogen and oxygen atoms in total. The number of phosphoric acid groups is 1. The molecule has 2 unspecified atom stereocenters. The van der Waals surface area contributed by atoms with Crippen molar-refractivity contribution in [3.63, 3.8) is 0 Å². The maximum Gasteiger partial charge on any atom is 0.472 e. The summed E-state index contributed by atoms with van der Waals surface area (Å²) in [7, 11) is -4.40. The Morgan fingerprint density at radius 3 is 0.933 bits per heavy atom. The summed E-state index contributed by atoms with van der Waals surface area (Å²) in [6.45, 7) is 3.68. The van der Waals surface area contributed by atoms with Crippen LogP contribution in [0.5, 0.6) is 0 Å². The van der Waals surface area contributed by atoms with Crippen LogP contribution >= 0.6 is 7.82 Å². The van der Waals surface area contributed by atoms with Gasteiger partial charge in [-0.25, -0.2) is 4.57 Å². The average molecular weight is 1260 g/mol. The van der Waals surface area contributed by atoms with Gasteiger partial charge in [0.05, 0.1) is 13.2 Å². The molecule has 3 N–H and O–H groups in total. The van der Waals surface area contributed by atoms with Crippen molar-refractivity contribution in [2.45, 2.75) is 367 Å². The third-order valence-corrected chi connectivity index (χ3v) is 17.4. The molecule has 0 aromatic heterocycles. The molecule has 0 fully saturated rings. The van der Waals surface area contributed by atoms with Crippen molar-refractivity contribution in [3.05, 3.63) is 97.2 Å². The van der Waals surface area contributed by atoms with Gasteiger partial charge in [0.25, 0.3) is 0 Å². The summed E-state index contributed by atoms with van der Waals surface area (Å²) in [4.78, 5) is 35.4. The second-order valence-electron chi connectivity index (χ2n) is 25.1. The molecule has 0 amide bonds. The van der Waals surface area contributed by atoms with Gasteiger partial charge in [-0.1, -0.05) is 349 Å². The molecule has 0 heterocycles. The lowest BCUT2D eigenvalue weighted by molar-refractivity contribution is -0.161. The van der Waals surface area contributed by atoms with Crippen LogP contribution in [0.2, 0.25) is 0 Å². The highest BCUT2D eigenvalue weighted by Gasteiger charge is 2.26. The molecule has 0 bridgehead atoms. The lowest BCUT2D eigenvalue weighted by Gasteiger charge is -2.19. The Morgan fingerprint density at radius 1 is 0.348 bits per heavy atom. The maximum absolute atomic E-state index is 12.8. The van der Waals surface area contributed by atoms with Gasteiger partial charge in [0.1, 0.15) is 6.61 Å². The van der Waals surface area contributed by atoms with E-state index >= 15 is 0 Å². The zero-order chi connectivity index (χ0) is 64.4. The first-order chi connectivity index (χ1) is 43.8. The number of unbranched alkanes of at least 4 members (excludes halogenated alkanes) is 42. The number of rotatable bonds is 71. The molecule has 2 atom stereocenters. The summed E-state index contributed by atoms with van der Waals surface area (Å²) >= 11 is 0. The minimum absolute atomic E-state index is 0.0531. The Labute approximate surface area is 550 Å². The normalized spacial score (nSPS) is 13.4. The van der Waals surface area contributed by atoms with Gasteiger partial charge < -0.3 is 20.1 Å². The van der Waals surface area contributed by atoms with Gasteiger partial charge in [-0.2, -0.15) is 0 Å². The Kier molecular flexibility index (Phi) is 71.4. The quantitative estimate of drug-likeness (QED) is 0.0264. The molecule has 0 rings (SSSR count). The van der Waals surface area contributed by atoms with E-state index in [1.807, 2.05) is 0 Å². The van der Waals surface area contributed by atoms with E-state index in [0.29, 0.717) is 6.42 Å². The number of nitrogens with two attached hydrogens (primary N) is 1. The number of carbonyl (C=O) groups is 2. The highest BCUT2D eigenvalue weighted by atomic mass is 31.2. The summed E-state index contributed by atoms with van der Waals surface area (Å²) in [6.07, 6.45) is 101. The number of hydrogen-bond donors (Lipinski definition) is 2. The molecule has 0 aliphatic carbocycles. The van der Waals surface area contributed by atoms with Crippen LogP contribution in [-0.2, 0) is 32.7 Å². The third-order valence-electron chi connectivity index (χ3n) is 16.5. The summed E-state index contributed by atoms with van der Waals surface area (Å²) in [6, 6.07) is 0. The van der Waals surface area contributed by atoms with E-state index in [1.165, 1.54) is 244 Å². The smallest absolute Gasteiger partial charge is 0.462 e. The first-order valence-electron chi connectivity index (χ1n) is 37.7. The van der Waals surface area contributed by atoms with E-state index in [9.17, 15) is 19.0 Å². The molecule has 0 saturated carbocycles. The summed E-state index contributed by atoms with van der Waals surface area (Å²) in [5, 5.41) is 0. The van der Waals surface area contributed by atoms with Gasteiger partial charge in [-0.15, -0.1) is 0 Å². The number of ether oxygens (including phenoxy) is 2. The predicted molar refractivity (Wildman–Crippen MR) is 385 cm³/mol. The summed E-state index contributed by atoms with van der Waals surface area (Å²) in [5.74, 6) is -0.811. The second kappa shape index (κ2) is 74.0. The van der Waals surface area contributed by atoms with Crippen LogP contribution < -0.4 is 5.73 Å². The molecule has 0 aliphatic rings. The number of carbonyl (C=O) groups excluding carboxylic acids is 2. The number of phosphoric ester groups is 1. The molecular formula is C79H142NO8P. The van der Waals surface area contributed by atoms with Crippen LogP contribution in [0.25, 0.3) is 0 Å². The van der Waals surface area contributed by atoms with Crippen molar-refractivity contribution in [3.8, 4) is 0 Å². The minimum Gasteiger partial charge on any atom is -0.462 e. The SMILES string of the molecule is CC/C=C\C/C=C\C/C=C\C/C=C\C/C=C\C/C=C\C/C=C\CCCCCCCCCCCCCCCCCCCCCC(=O)OC(COC(=O)CCCCCCCCCCCCCCCCC/C=C\CCCCCCCCCC)COP(=O)(O)OCCN. The monoisotopic (exact) mass is 1260 g/mol. The Balaban J connectivity index is 3.81. The van der Waals surface area contributed by atoms with Crippen LogP contribution in [-0.4, -0.2) is 49.3 Å². The lowest BCUT2D eigenvalue weighted by Crippen LogP contribution is -2.29. The molecule has 0 aromatic carbocycles. The van der Waals surface area contributed by atoms with Crippen LogP contribution in [0, 0.1) is 0 Å². The fourth-order valence-electron chi connectivity index (χ4n) is 10.9. The summed E-state index contributed by atoms with van der Waals surface area (Å²) in [5.41, 5.74) is 5.41. The molecule has 10 heteroatoms. The van der Waals surface area contributed by atoms with Crippen LogP contribution in [0.3, 0.4) is 0 Å². The fraction of sp³-hybridized carbons (Fsp3) is 0.772. The fourth-order valence-corrected chi connectivity index (χ4v) is 11.7. The molecule has 89 heavy (non-hydrogen) atoms. The standard InChI is InChI=1S/C79H142NO8P/c1-3-5-7-9-11-13-15-17-19-21-23-25-27-29-31-32-33-34-35-36-37-38-39-40-41-42-43-44-46-48-50-52-54-56-58-60-62-64-66-68-70-72-79(82)88-77(76-87-89(83,84)86-74-73-80)75-85-78(81)71-69-67-65-63-61-59-57-55-53-51-49-47-45-30-28-26-24-22-20-18-16-14-12-10-8-6-4-2/h5,7,11,13,17,19,22-25,29,31,33-34,36-37,77H,3-4,6,8-10,12,14-16,18,20-21,26-28,30,32,35,38-76,80H2,1-2H3,(H,83,84)/b7-5-,13-11-,19-17-,24-22-,25-23-,31-29-,34-33-,37-36-. The van der Waals surface area contributed by atoms with Crippen molar-refractivity contribution < 1.29 is 37.6 Å². The molecule has 0 aliphatic heterocycles. The number of hydrogen-bond acceptors (Lipinski definition) is 8. The molecule has 0 saturated heterocycles. The van der Waals surface area contributed by atoms with E-state index in [-0.39, 0.29) is 38.6 Å². The Morgan fingerprint density at radius 2 is 0.618 bits per heavy atom. The van der Waals surface area contributed by atoms with Crippen molar-refractivity contribution in [1.29, 1.82) is 0 Å². The summed E-state index contributed by atoms with van der Waals surface area (Å²) < 4.78 is 33.2. The van der Waals surface area contributed by atoms with Crippen LogP contribution in [0.15, 0.2) is 97.2 Å². The van der Waals surface area contributed by atoms with Crippen LogP contribution in [0.4, 0.5) is 0 Å².